The lowest BCUT2D eigenvalue weighted by molar-refractivity contribution is -0.121. The van der Waals surface area contributed by atoms with Gasteiger partial charge in [0.25, 0.3) is 0 Å². The zero-order valence-electron chi connectivity index (χ0n) is 12.6. The van der Waals surface area contributed by atoms with Crippen molar-refractivity contribution >= 4 is 27.8 Å². The molecule has 1 rings (SSSR count). The van der Waals surface area contributed by atoms with E-state index in [1.807, 2.05) is 0 Å². The minimum atomic E-state index is -0.682. The van der Waals surface area contributed by atoms with Gasteiger partial charge in [0.05, 0.1) is 11.4 Å². The van der Waals surface area contributed by atoms with Crippen LogP contribution in [0, 0.1) is 5.92 Å². The van der Waals surface area contributed by atoms with Crippen LogP contribution in [0.2, 0.25) is 0 Å². The van der Waals surface area contributed by atoms with Crippen molar-refractivity contribution in [3.05, 3.63) is 0 Å². The standard InChI is InChI=1S/C14H24BrNO4/c1-9(15)12(17)11(8-19-7-10-5-6-10)16-13(18)20-14(2,3)4/h9-11H,5-8H2,1-4H3,(H,16,18)/t9?,11-/m0/s1. The highest BCUT2D eigenvalue weighted by atomic mass is 79.9. The third-order valence-corrected chi connectivity index (χ3v) is 3.21. The van der Waals surface area contributed by atoms with Crippen LogP contribution in [0.4, 0.5) is 4.79 Å². The first-order chi connectivity index (χ1) is 9.19. The molecule has 20 heavy (non-hydrogen) atoms. The predicted octanol–water partition coefficient (Wildman–Crippen LogP) is 2.66. The number of halogens is 1. The first-order valence-electron chi connectivity index (χ1n) is 6.94. The lowest BCUT2D eigenvalue weighted by atomic mass is 10.1. The Bertz CT molecular complexity index is 348. The minimum absolute atomic E-state index is 0.119. The zero-order chi connectivity index (χ0) is 15.3. The average molecular weight is 350 g/mol. The fourth-order valence-corrected chi connectivity index (χ4v) is 1.88. The molecular formula is C14H24BrNO4. The fourth-order valence-electron chi connectivity index (χ4n) is 1.56. The number of rotatable bonds is 7. The van der Waals surface area contributed by atoms with E-state index in [9.17, 15) is 9.59 Å². The van der Waals surface area contributed by atoms with Crippen molar-refractivity contribution in [2.24, 2.45) is 5.92 Å². The molecule has 0 aromatic rings. The number of Topliss-reactive ketones (excluding diaryl/α,β-unsaturated/α-hetero) is 1. The highest BCUT2D eigenvalue weighted by Crippen LogP contribution is 2.28. The first-order valence-corrected chi connectivity index (χ1v) is 7.85. The maximum absolute atomic E-state index is 12.0. The molecule has 0 aromatic carbocycles. The molecule has 0 saturated heterocycles. The molecule has 6 heteroatoms. The minimum Gasteiger partial charge on any atom is -0.444 e. The predicted molar refractivity (Wildman–Crippen MR) is 80.1 cm³/mol. The number of nitrogens with one attached hydrogen (secondary N) is 1. The van der Waals surface area contributed by atoms with Crippen LogP contribution in [0.25, 0.3) is 0 Å². The Labute approximate surface area is 128 Å². The van der Waals surface area contributed by atoms with Crippen LogP contribution in [0.1, 0.15) is 40.5 Å². The van der Waals surface area contributed by atoms with E-state index >= 15 is 0 Å². The molecule has 1 aliphatic rings. The van der Waals surface area contributed by atoms with E-state index in [4.69, 9.17) is 9.47 Å². The molecule has 116 valence electrons. The molecular weight excluding hydrogens is 326 g/mol. The Morgan fingerprint density at radius 2 is 1.95 bits per heavy atom. The van der Waals surface area contributed by atoms with Gasteiger partial charge >= 0.3 is 6.09 Å². The van der Waals surface area contributed by atoms with Gasteiger partial charge in [0.1, 0.15) is 11.6 Å². The number of ketones is 1. The van der Waals surface area contributed by atoms with Gasteiger partial charge in [0, 0.05) is 6.61 Å². The molecule has 1 N–H and O–H groups in total. The van der Waals surface area contributed by atoms with Crippen molar-refractivity contribution in [1.29, 1.82) is 0 Å². The van der Waals surface area contributed by atoms with Crippen molar-refractivity contribution < 1.29 is 19.1 Å². The molecule has 0 heterocycles. The topological polar surface area (TPSA) is 64.6 Å². The number of amides is 1. The highest BCUT2D eigenvalue weighted by Gasteiger charge is 2.28. The Kier molecular flexibility index (Phi) is 6.45. The molecule has 1 unspecified atom stereocenters. The molecule has 0 aliphatic heterocycles. The molecule has 2 atom stereocenters. The molecule has 1 amide bonds. The van der Waals surface area contributed by atoms with Crippen molar-refractivity contribution in [3.63, 3.8) is 0 Å². The molecule has 1 fully saturated rings. The van der Waals surface area contributed by atoms with Crippen LogP contribution in [-0.4, -0.2) is 41.6 Å². The summed E-state index contributed by atoms with van der Waals surface area (Å²) >= 11 is 3.23. The van der Waals surface area contributed by atoms with Crippen LogP contribution >= 0.6 is 15.9 Å². The van der Waals surface area contributed by atoms with Crippen LogP contribution in [-0.2, 0) is 14.3 Å². The summed E-state index contributed by atoms with van der Waals surface area (Å²) in [5, 5.41) is 2.58. The van der Waals surface area contributed by atoms with E-state index in [0.29, 0.717) is 12.5 Å². The van der Waals surface area contributed by atoms with Gasteiger partial charge in [0.15, 0.2) is 5.78 Å². The zero-order valence-corrected chi connectivity index (χ0v) is 14.2. The highest BCUT2D eigenvalue weighted by molar-refractivity contribution is 9.10. The van der Waals surface area contributed by atoms with Crippen LogP contribution in [0.5, 0.6) is 0 Å². The third kappa shape index (κ3) is 7.24. The molecule has 0 spiro atoms. The quantitative estimate of drug-likeness (QED) is 0.717. The van der Waals surface area contributed by atoms with Crippen molar-refractivity contribution in [1.82, 2.24) is 5.32 Å². The van der Waals surface area contributed by atoms with Gasteiger partial charge in [-0.05, 0) is 46.5 Å². The van der Waals surface area contributed by atoms with Crippen molar-refractivity contribution in [3.8, 4) is 0 Å². The number of alkyl carbamates (subject to hydrolysis) is 1. The van der Waals surface area contributed by atoms with E-state index in [1.54, 1.807) is 27.7 Å². The lowest BCUT2D eigenvalue weighted by Crippen LogP contribution is -2.48. The van der Waals surface area contributed by atoms with Gasteiger partial charge in [0.2, 0.25) is 0 Å². The fraction of sp³-hybridized carbons (Fsp3) is 0.857. The van der Waals surface area contributed by atoms with Gasteiger partial charge in [-0.25, -0.2) is 4.79 Å². The summed E-state index contributed by atoms with van der Waals surface area (Å²) in [6.07, 6.45) is 1.78. The van der Waals surface area contributed by atoms with Gasteiger partial charge in [-0.15, -0.1) is 0 Å². The normalized spacial score (nSPS) is 18.2. The van der Waals surface area contributed by atoms with E-state index < -0.39 is 17.7 Å². The summed E-state index contributed by atoms with van der Waals surface area (Å²) in [6, 6.07) is -0.682. The molecule has 0 radical (unpaired) electrons. The Balaban J connectivity index is 2.47. The van der Waals surface area contributed by atoms with Gasteiger partial charge < -0.3 is 14.8 Å². The molecule has 5 nitrogen and oxygen atoms in total. The van der Waals surface area contributed by atoms with Gasteiger partial charge in [-0.2, -0.15) is 0 Å². The molecule has 1 saturated carbocycles. The number of hydrogen-bond acceptors (Lipinski definition) is 4. The van der Waals surface area contributed by atoms with Crippen molar-refractivity contribution in [2.75, 3.05) is 13.2 Å². The van der Waals surface area contributed by atoms with Crippen LogP contribution < -0.4 is 5.32 Å². The number of hydrogen-bond donors (Lipinski definition) is 1. The Morgan fingerprint density at radius 3 is 2.40 bits per heavy atom. The van der Waals surface area contributed by atoms with E-state index in [1.165, 1.54) is 12.8 Å². The maximum Gasteiger partial charge on any atom is 0.408 e. The summed E-state index contributed by atoms with van der Waals surface area (Å²) < 4.78 is 10.7. The summed E-state index contributed by atoms with van der Waals surface area (Å²) in [7, 11) is 0. The Morgan fingerprint density at radius 1 is 1.35 bits per heavy atom. The number of ether oxygens (including phenoxy) is 2. The summed E-state index contributed by atoms with van der Waals surface area (Å²) in [4.78, 5) is 23.4. The molecule has 0 bridgehead atoms. The molecule has 1 aliphatic carbocycles. The Hall–Kier alpha value is -0.620. The van der Waals surface area contributed by atoms with Gasteiger partial charge in [-0.1, -0.05) is 15.9 Å². The van der Waals surface area contributed by atoms with E-state index in [-0.39, 0.29) is 17.2 Å². The third-order valence-electron chi connectivity index (χ3n) is 2.76. The summed E-state index contributed by atoms with van der Waals surface area (Å²) in [5.74, 6) is 0.500. The summed E-state index contributed by atoms with van der Waals surface area (Å²) in [5.41, 5.74) is -0.591. The summed E-state index contributed by atoms with van der Waals surface area (Å²) in [6.45, 7) is 7.90. The first kappa shape index (κ1) is 17.4. The molecule has 0 aromatic heterocycles. The number of carbonyl (C=O) groups excluding carboxylic acids is 2. The monoisotopic (exact) mass is 349 g/mol. The second-order valence-corrected chi connectivity index (χ2v) is 7.57. The van der Waals surface area contributed by atoms with E-state index in [2.05, 4.69) is 21.2 Å². The number of alkyl halides is 1. The lowest BCUT2D eigenvalue weighted by Gasteiger charge is -2.23. The largest absolute Gasteiger partial charge is 0.444 e. The SMILES string of the molecule is CC(Br)C(=O)[C@H](COCC1CC1)NC(=O)OC(C)(C)C. The average Bonchev–Trinajstić information content (AvgIpc) is 3.08. The van der Waals surface area contributed by atoms with Crippen molar-refractivity contribution in [2.45, 2.75) is 57.0 Å². The maximum atomic E-state index is 12.0. The number of carbonyl (C=O) groups is 2. The smallest absolute Gasteiger partial charge is 0.408 e. The van der Waals surface area contributed by atoms with Gasteiger partial charge in [-0.3, -0.25) is 4.79 Å². The second kappa shape index (κ2) is 7.41. The second-order valence-electron chi connectivity index (χ2n) is 6.20. The van der Waals surface area contributed by atoms with E-state index in [0.717, 1.165) is 0 Å². The van der Waals surface area contributed by atoms with Crippen LogP contribution in [0.3, 0.4) is 0 Å². The van der Waals surface area contributed by atoms with Crippen LogP contribution in [0.15, 0.2) is 0 Å².